The molecule has 1 aliphatic heterocycles. The Kier molecular flexibility index (Phi) is 4.24. The van der Waals surface area contributed by atoms with E-state index in [1.165, 1.54) is 0 Å². The number of methoxy groups -OCH3 is 1. The highest BCUT2D eigenvalue weighted by molar-refractivity contribution is 6.42. The lowest BCUT2D eigenvalue weighted by molar-refractivity contribution is 0.114. The van der Waals surface area contributed by atoms with Crippen molar-refractivity contribution in [3.8, 4) is 5.75 Å². The number of halogens is 2. The number of rotatable bonds is 3. The van der Waals surface area contributed by atoms with Crippen LogP contribution in [0.2, 0.25) is 10.0 Å². The Hall–Kier alpha value is -1.42. The van der Waals surface area contributed by atoms with E-state index in [-0.39, 0.29) is 6.23 Å². The molecule has 1 unspecified atom stereocenters. The maximum atomic E-state index is 6.11. The summed E-state index contributed by atoms with van der Waals surface area (Å²) in [5, 5.41) is 1.11. The molecular weight excluding hydrogens is 309 g/mol. The smallest absolute Gasteiger partial charge is 0.156 e. The predicted molar refractivity (Wildman–Crippen MR) is 85.5 cm³/mol. The molecule has 3 nitrogen and oxygen atoms in total. The SMILES string of the molecule is COc1ccc(C2OCCN2c2ccc(Cl)c(Cl)c2)cc1. The molecule has 0 saturated carbocycles. The molecule has 0 aliphatic carbocycles. The monoisotopic (exact) mass is 323 g/mol. The van der Waals surface area contributed by atoms with Crippen molar-refractivity contribution in [2.75, 3.05) is 25.2 Å². The van der Waals surface area contributed by atoms with Crippen LogP contribution in [-0.2, 0) is 4.74 Å². The van der Waals surface area contributed by atoms with Gasteiger partial charge in [0.25, 0.3) is 0 Å². The first-order valence-corrected chi connectivity index (χ1v) is 7.42. The van der Waals surface area contributed by atoms with Crippen LogP contribution in [0.3, 0.4) is 0 Å². The van der Waals surface area contributed by atoms with Gasteiger partial charge in [0.15, 0.2) is 6.23 Å². The molecule has 21 heavy (non-hydrogen) atoms. The molecule has 0 amide bonds. The van der Waals surface area contributed by atoms with Crippen LogP contribution >= 0.6 is 23.2 Å². The zero-order chi connectivity index (χ0) is 14.8. The number of hydrogen-bond acceptors (Lipinski definition) is 3. The molecule has 1 atom stereocenters. The zero-order valence-corrected chi connectivity index (χ0v) is 13.1. The molecule has 3 rings (SSSR count). The van der Waals surface area contributed by atoms with Gasteiger partial charge in [0.05, 0.1) is 23.8 Å². The lowest BCUT2D eigenvalue weighted by Crippen LogP contribution is -2.23. The Morgan fingerprint density at radius 2 is 1.86 bits per heavy atom. The first kappa shape index (κ1) is 14.5. The molecule has 0 N–H and O–H groups in total. The number of benzene rings is 2. The molecule has 0 spiro atoms. The highest BCUT2D eigenvalue weighted by atomic mass is 35.5. The molecule has 5 heteroatoms. The van der Waals surface area contributed by atoms with Crippen LogP contribution in [0.25, 0.3) is 0 Å². The van der Waals surface area contributed by atoms with E-state index in [9.17, 15) is 0 Å². The summed E-state index contributed by atoms with van der Waals surface area (Å²) >= 11 is 12.1. The first-order valence-electron chi connectivity index (χ1n) is 6.66. The van der Waals surface area contributed by atoms with E-state index in [0.717, 1.165) is 23.5 Å². The molecule has 1 aliphatic rings. The Morgan fingerprint density at radius 3 is 2.52 bits per heavy atom. The van der Waals surface area contributed by atoms with Crippen molar-refractivity contribution in [3.63, 3.8) is 0 Å². The normalized spacial score (nSPS) is 18.0. The van der Waals surface area contributed by atoms with Gasteiger partial charge >= 0.3 is 0 Å². The van der Waals surface area contributed by atoms with Crippen molar-refractivity contribution in [1.29, 1.82) is 0 Å². The van der Waals surface area contributed by atoms with Gasteiger partial charge in [0.1, 0.15) is 5.75 Å². The van der Waals surface area contributed by atoms with E-state index >= 15 is 0 Å². The molecule has 2 aromatic rings. The predicted octanol–water partition coefficient (Wildman–Crippen LogP) is 4.54. The van der Waals surface area contributed by atoms with Gasteiger partial charge in [-0.05, 0) is 30.3 Å². The second kappa shape index (κ2) is 6.14. The Balaban J connectivity index is 1.88. The van der Waals surface area contributed by atoms with Crippen LogP contribution in [0, 0.1) is 0 Å². The van der Waals surface area contributed by atoms with Gasteiger partial charge in [0, 0.05) is 17.8 Å². The minimum atomic E-state index is -0.117. The summed E-state index contributed by atoms with van der Waals surface area (Å²) in [6.07, 6.45) is -0.117. The van der Waals surface area contributed by atoms with E-state index in [0.29, 0.717) is 16.7 Å². The maximum absolute atomic E-state index is 6.11. The van der Waals surface area contributed by atoms with Crippen LogP contribution in [-0.4, -0.2) is 20.3 Å². The van der Waals surface area contributed by atoms with Crippen molar-refractivity contribution in [2.24, 2.45) is 0 Å². The van der Waals surface area contributed by atoms with E-state index in [1.54, 1.807) is 7.11 Å². The van der Waals surface area contributed by atoms with Crippen molar-refractivity contribution in [2.45, 2.75) is 6.23 Å². The summed E-state index contributed by atoms with van der Waals surface area (Å²) in [5.74, 6) is 0.831. The first-order chi connectivity index (χ1) is 10.2. The van der Waals surface area contributed by atoms with Crippen LogP contribution in [0.15, 0.2) is 42.5 Å². The maximum Gasteiger partial charge on any atom is 0.156 e. The standard InChI is InChI=1S/C16H15Cl2NO2/c1-20-13-5-2-11(3-6-13)16-19(8-9-21-16)12-4-7-14(17)15(18)10-12/h2-7,10,16H,8-9H2,1H3. The Morgan fingerprint density at radius 1 is 1.10 bits per heavy atom. The van der Waals surface area contributed by atoms with Gasteiger partial charge < -0.3 is 14.4 Å². The second-order valence-electron chi connectivity index (χ2n) is 4.79. The summed E-state index contributed by atoms with van der Waals surface area (Å²) in [6.45, 7) is 1.49. The van der Waals surface area contributed by atoms with Crippen LogP contribution in [0.1, 0.15) is 11.8 Å². The summed E-state index contributed by atoms with van der Waals surface area (Å²) in [6, 6.07) is 13.5. The van der Waals surface area contributed by atoms with Crippen LogP contribution < -0.4 is 9.64 Å². The molecule has 0 bridgehead atoms. The summed E-state index contributed by atoms with van der Waals surface area (Å²) in [7, 11) is 1.66. The summed E-state index contributed by atoms with van der Waals surface area (Å²) in [5.41, 5.74) is 2.09. The number of ether oxygens (including phenoxy) is 2. The third-order valence-electron chi connectivity index (χ3n) is 3.53. The molecule has 0 aromatic heterocycles. The molecular formula is C16H15Cl2NO2. The third kappa shape index (κ3) is 2.95. The fourth-order valence-corrected chi connectivity index (χ4v) is 2.74. The summed E-state index contributed by atoms with van der Waals surface area (Å²) in [4.78, 5) is 2.17. The average Bonchev–Trinajstić information content (AvgIpc) is 2.99. The van der Waals surface area contributed by atoms with E-state index in [2.05, 4.69) is 4.90 Å². The minimum Gasteiger partial charge on any atom is -0.497 e. The minimum absolute atomic E-state index is 0.117. The molecule has 110 valence electrons. The van der Waals surface area contributed by atoms with Crippen molar-refractivity contribution in [3.05, 3.63) is 58.1 Å². The van der Waals surface area contributed by atoms with Crippen molar-refractivity contribution < 1.29 is 9.47 Å². The summed E-state index contributed by atoms with van der Waals surface area (Å²) < 4.78 is 11.0. The largest absolute Gasteiger partial charge is 0.497 e. The van der Waals surface area contributed by atoms with E-state index in [1.807, 2.05) is 42.5 Å². The van der Waals surface area contributed by atoms with Crippen molar-refractivity contribution in [1.82, 2.24) is 0 Å². The molecule has 1 heterocycles. The lowest BCUT2D eigenvalue weighted by atomic mass is 10.1. The van der Waals surface area contributed by atoms with E-state index < -0.39 is 0 Å². The fraction of sp³-hybridized carbons (Fsp3) is 0.250. The molecule has 1 saturated heterocycles. The molecule has 0 radical (unpaired) electrons. The van der Waals surface area contributed by atoms with Crippen molar-refractivity contribution >= 4 is 28.9 Å². The quantitative estimate of drug-likeness (QED) is 0.827. The number of hydrogen-bond donors (Lipinski definition) is 0. The van der Waals surface area contributed by atoms with Gasteiger partial charge in [-0.3, -0.25) is 0 Å². The van der Waals surface area contributed by atoms with Gasteiger partial charge in [-0.1, -0.05) is 35.3 Å². The van der Waals surface area contributed by atoms with Crippen LogP contribution in [0.4, 0.5) is 5.69 Å². The zero-order valence-electron chi connectivity index (χ0n) is 11.6. The van der Waals surface area contributed by atoms with Gasteiger partial charge in [-0.15, -0.1) is 0 Å². The van der Waals surface area contributed by atoms with Gasteiger partial charge in [0.2, 0.25) is 0 Å². The molecule has 2 aromatic carbocycles. The fourth-order valence-electron chi connectivity index (χ4n) is 2.44. The highest BCUT2D eigenvalue weighted by Crippen LogP contribution is 2.35. The number of nitrogens with zero attached hydrogens (tertiary/aromatic N) is 1. The topological polar surface area (TPSA) is 21.7 Å². The lowest BCUT2D eigenvalue weighted by Gasteiger charge is -2.25. The van der Waals surface area contributed by atoms with Gasteiger partial charge in [-0.25, -0.2) is 0 Å². The van der Waals surface area contributed by atoms with Crippen LogP contribution in [0.5, 0.6) is 5.75 Å². The molecule has 1 fully saturated rings. The highest BCUT2D eigenvalue weighted by Gasteiger charge is 2.27. The Bertz CT molecular complexity index is 631. The second-order valence-corrected chi connectivity index (χ2v) is 5.60. The number of anilines is 1. The third-order valence-corrected chi connectivity index (χ3v) is 4.27. The average molecular weight is 324 g/mol. The van der Waals surface area contributed by atoms with Gasteiger partial charge in [-0.2, -0.15) is 0 Å². The Labute approximate surface area is 134 Å². The van der Waals surface area contributed by atoms with E-state index in [4.69, 9.17) is 32.7 Å².